The number of halogens is 2. The van der Waals surface area contributed by atoms with Crippen LogP contribution in [0.3, 0.4) is 0 Å². The highest BCUT2D eigenvalue weighted by Gasteiger charge is 2.46. The van der Waals surface area contributed by atoms with Crippen molar-refractivity contribution in [2.24, 2.45) is 0 Å². The SMILES string of the molecule is CCOC(=O)[C@H]1CCC(F)(F)CN1C(=O)OC(C)(C)C. The summed E-state index contributed by atoms with van der Waals surface area (Å²) in [6.07, 6.45) is -1.50. The van der Waals surface area contributed by atoms with Crippen LogP contribution in [-0.4, -0.2) is 47.7 Å². The highest BCUT2D eigenvalue weighted by Crippen LogP contribution is 2.31. The summed E-state index contributed by atoms with van der Waals surface area (Å²) in [5.41, 5.74) is -0.816. The van der Waals surface area contributed by atoms with Crippen LogP contribution in [0.1, 0.15) is 40.5 Å². The molecular formula is C13H21F2NO4. The molecule has 1 heterocycles. The molecule has 0 aromatic rings. The van der Waals surface area contributed by atoms with Crippen LogP contribution < -0.4 is 0 Å². The molecule has 0 bridgehead atoms. The first-order valence-corrected chi connectivity index (χ1v) is 6.60. The van der Waals surface area contributed by atoms with Gasteiger partial charge in [-0.05, 0) is 34.1 Å². The smallest absolute Gasteiger partial charge is 0.411 e. The predicted octanol–water partition coefficient (Wildman–Crippen LogP) is 2.58. The number of carbonyl (C=O) groups is 2. The van der Waals surface area contributed by atoms with Gasteiger partial charge < -0.3 is 9.47 Å². The van der Waals surface area contributed by atoms with Crippen LogP contribution in [0.15, 0.2) is 0 Å². The van der Waals surface area contributed by atoms with Crippen LogP contribution in [0.25, 0.3) is 0 Å². The van der Waals surface area contributed by atoms with Gasteiger partial charge in [0, 0.05) is 6.42 Å². The highest BCUT2D eigenvalue weighted by molar-refractivity contribution is 5.82. The number of hydrogen-bond donors (Lipinski definition) is 0. The van der Waals surface area contributed by atoms with Crippen molar-refractivity contribution in [1.29, 1.82) is 0 Å². The lowest BCUT2D eigenvalue weighted by atomic mass is 10.00. The third-order valence-electron chi connectivity index (χ3n) is 2.75. The molecule has 0 aromatic carbocycles. The van der Waals surface area contributed by atoms with E-state index in [9.17, 15) is 18.4 Å². The summed E-state index contributed by atoms with van der Waals surface area (Å²) >= 11 is 0. The van der Waals surface area contributed by atoms with Crippen molar-refractivity contribution in [2.45, 2.75) is 58.1 Å². The molecule has 0 radical (unpaired) electrons. The first-order valence-electron chi connectivity index (χ1n) is 6.60. The normalized spacial score (nSPS) is 22.3. The Bertz CT molecular complexity index is 379. The van der Waals surface area contributed by atoms with Gasteiger partial charge in [-0.25, -0.2) is 18.4 Å². The van der Waals surface area contributed by atoms with Crippen molar-refractivity contribution < 1.29 is 27.8 Å². The molecule has 1 aliphatic heterocycles. The molecule has 1 rings (SSSR count). The molecule has 0 spiro atoms. The van der Waals surface area contributed by atoms with Gasteiger partial charge in [0.25, 0.3) is 5.92 Å². The molecule has 116 valence electrons. The third kappa shape index (κ3) is 4.61. The molecule has 7 heteroatoms. The maximum atomic E-state index is 13.5. The average Bonchev–Trinajstić information content (AvgIpc) is 2.25. The Labute approximate surface area is 117 Å². The van der Waals surface area contributed by atoms with Crippen LogP contribution >= 0.6 is 0 Å². The monoisotopic (exact) mass is 293 g/mol. The van der Waals surface area contributed by atoms with Crippen LogP contribution in [0.5, 0.6) is 0 Å². The topological polar surface area (TPSA) is 55.8 Å². The van der Waals surface area contributed by atoms with E-state index in [0.29, 0.717) is 0 Å². The minimum atomic E-state index is -3.01. The molecule has 1 fully saturated rings. The molecule has 1 aliphatic rings. The molecule has 0 aromatic heterocycles. The van der Waals surface area contributed by atoms with Crippen molar-refractivity contribution >= 4 is 12.1 Å². The Morgan fingerprint density at radius 1 is 1.35 bits per heavy atom. The number of nitrogens with zero attached hydrogens (tertiary/aromatic N) is 1. The lowest BCUT2D eigenvalue weighted by molar-refractivity contribution is -0.156. The molecule has 0 N–H and O–H groups in total. The quantitative estimate of drug-likeness (QED) is 0.734. The summed E-state index contributed by atoms with van der Waals surface area (Å²) in [5, 5.41) is 0. The number of amides is 1. The molecule has 0 saturated carbocycles. The van der Waals surface area contributed by atoms with E-state index < -0.39 is 42.6 Å². The second-order valence-corrected chi connectivity index (χ2v) is 5.77. The van der Waals surface area contributed by atoms with Crippen molar-refractivity contribution in [3.8, 4) is 0 Å². The van der Waals surface area contributed by atoms with Gasteiger partial charge in [-0.3, -0.25) is 4.90 Å². The Hall–Kier alpha value is -1.40. The summed E-state index contributed by atoms with van der Waals surface area (Å²) < 4.78 is 36.8. The molecule has 0 aliphatic carbocycles. The average molecular weight is 293 g/mol. The first kappa shape index (κ1) is 16.7. The van der Waals surface area contributed by atoms with E-state index in [1.54, 1.807) is 27.7 Å². The number of likely N-dealkylation sites (tertiary alicyclic amines) is 1. The van der Waals surface area contributed by atoms with Gasteiger partial charge in [0.1, 0.15) is 11.6 Å². The van der Waals surface area contributed by atoms with Gasteiger partial charge in [0.05, 0.1) is 13.2 Å². The fourth-order valence-corrected chi connectivity index (χ4v) is 1.94. The number of piperidine rings is 1. The summed E-state index contributed by atoms with van der Waals surface area (Å²) in [7, 11) is 0. The zero-order valence-electron chi connectivity index (χ0n) is 12.2. The lowest BCUT2D eigenvalue weighted by Gasteiger charge is -2.38. The van der Waals surface area contributed by atoms with E-state index in [0.717, 1.165) is 4.90 Å². The standard InChI is InChI=1S/C13H21F2NO4/c1-5-19-10(17)9-6-7-13(14,15)8-16(9)11(18)20-12(2,3)4/h9H,5-8H2,1-4H3/t9-/m1/s1. The molecule has 20 heavy (non-hydrogen) atoms. The highest BCUT2D eigenvalue weighted by atomic mass is 19.3. The fourth-order valence-electron chi connectivity index (χ4n) is 1.94. The van der Waals surface area contributed by atoms with Crippen LogP contribution in [0, 0.1) is 0 Å². The summed E-state index contributed by atoms with van der Waals surface area (Å²) in [6.45, 7) is 5.82. The van der Waals surface area contributed by atoms with Gasteiger partial charge >= 0.3 is 12.1 Å². The van der Waals surface area contributed by atoms with Crippen molar-refractivity contribution in [1.82, 2.24) is 4.90 Å². The van der Waals surface area contributed by atoms with Gasteiger partial charge in [0.2, 0.25) is 0 Å². The van der Waals surface area contributed by atoms with Crippen molar-refractivity contribution in [2.75, 3.05) is 13.2 Å². The van der Waals surface area contributed by atoms with E-state index in [2.05, 4.69) is 0 Å². The minimum absolute atomic E-state index is 0.133. The Kier molecular flexibility index (Phi) is 4.94. The summed E-state index contributed by atoms with van der Waals surface area (Å²) in [6, 6.07) is -1.01. The van der Waals surface area contributed by atoms with Crippen LogP contribution in [0.2, 0.25) is 0 Å². The van der Waals surface area contributed by atoms with Crippen molar-refractivity contribution in [3.63, 3.8) is 0 Å². The van der Waals surface area contributed by atoms with Gasteiger partial charge in [0.15, 0.2) is 0 Å². The van der Waals surface area contributed by atoms with Gasteiger partial charge in [-0.15, -0.1) is 0 Å². The van der Waals surface area contributed by atoms with E-state index in [-0.39, 0.29) is 13.0 Å². The van der Waals surface area contributed by atoms with Crippen molar-refractivity contribution in [3.05, 3.63) is 0 Å². The zero-order chi connectivity index (χ0) is 15.6. The summed E-state index contributed by atoms with van der Waals surface area (Å²) in [5.74, 6) is -3.69. The number of ether oxygens (including phenoxy) is 2. The van der Waals surface area contributed by atoms with Gasteiger partial charge in [-0.2, -0.15) is 0 Å². The second-order valence-electron chi connectivity index (χ2n) is 5.77. The molecular weight excluding hydrogens is 272 g/mol. The molecule has 0 unspecified atom stereocenters. The zero-order valence-corrected chi connectivity index (χ0v) is 12.2. The molecule has 5 nitrogen and oxygen atoms in total. The van der Waals surface area contributed by atoms with E-state index in [1.165, 1.54) is 0 Å². The first-order chi connectivity index (χ1) is 9.06. The van der Waals surface area contributed by atoms with Crippen LogP contribution in [-0.2, 0) is 14.3 Å². The second kappa shape index (κ2) is 5.93. The summed E-state index contributed by atoms with van der Waals surface area (Å²) in [4.78, 5) is 24.5. The molecule has 1 saturated heterocycles. The van der Waals surface area contributed by atoms with Crippen LogP contribution in [0.4, 0.5) is 13.6 Å². The third-order valence-corrected chi connectivity index (χ3v) is 2.75. The number of carbonyl (C=O) groups excluding carboxylic acids is 2. The molecule has 1 atom stereocenters. The van der Waals surface area contributed by atoms with Gasteiger partial charge in [-0.1, -0.05) is 0 Å². The predicted molar refractivity (Wildman–Crippen MR) is 67.5 cm³/mol. The molecule has 1 amide bonds. The maximum Gasteiger partial charge on any atom is 0.411 e. The van der Waals surface area contributed by atoms with E-state index >= 15 is 0 Å². The minimum Gasteiger partial charge on any atom is -0.464 e. The number of esters is 1. The Morgan fingerprint density at radius 3 is 2.45 bits per heavy atom. The Morgan fingerprint density at radius 2 is 1.95 bits per heavy atom. The number of hydrogen-bond acceptors (Lipinski definition) is 4. The largest absolute Gasteiger partial charge is 0.464 e. The number of rotatable bonds is 2. The lowest BCUT2D eigenvalue weighted by Crippen LogP contribution is -2.55. The fraction of sp³-hybridized carbons (Fsp3) is 0.846. The van der Waals surface area contributed by atoms with E-state index in [1.807, 2.05) is 0 Å². The van der Waals surface area contributed by atoms with E-state index in [4.69, 9.17) is 9.47 Å². The number of alkyl halides is 2. The maximum absolute atomic E-state index is 13.5. The Balaban J connectivity index is 2.87.